The molecule has 2 bridgehead atoms. The van der Waals surface area contributed by atoms with Crippen molar-refractivity contribution in [3.8, 4) is 11.5 Å². The minimum Gasteiger partial charge on any atom is -0.503 e. The number of methoxy groups -OCH3 is 1. The number of amides is 1. The molecular weight excluding hydrogens is 356 g/mol. The fraction of sp³-hybridized carbons (Fsp3) is 0.545. The summed E-state index contributed by atoms with van der Waals surface area (Å²) in [6, 6.07) is 3.30. The van der Waals surface area contributed by atoms with Crippen molar-refractivity contribution in [2.45, 2.75) is 44.6 Å². The summed E-state index contributed by atoms with van der Waals surface area (Å²) >= 11 is 0. The molecule has 3 aliphatic heterocycles. The zero-order valence-corrected chi connectivity index (χ0v) is 17.0. The van der Waals surface area contributed by atoms with Gasteiger partial charge in [0.2, 0.25) is 5.91 Å². The predicted octanol–water partition coefficient (Wildman–Crippen LogP) is 2.63. The number of anilines is 1. The summed E-state index contributed by atoms with van der Waals surface area (Å²) in [6.07, 6.45) is 4.20. The highest BCUT2D eigenvalue weighted by Crippen LogP contribution is 2.59. The first-order chi connectivity index (χ1) is 13.4. The molecule has 3 fully saturated rings. The van der Waals surface area contributed by atoms with Crippen molar-refractivity contribution in [3.05, 3.63) is 29.3 Å². The lowest BCUT2D eigenvalue weighted by atomic mass is 9.60. The van der Waals surface area contributed by atoms with Gasteiger partial charge in [-0.3, -0.25) is 9.59 Å². The van der Waals surface area contributed by atoms with E-state index in [1.165, 1.54) is 14.0 Å². The van der Waals surface area contributed by atoms with Crippen LogP contribution >= 0.6 is 0 Å². The molecular formula is C22H28N2O4. The number of rotatable bonds is 1. The largest absolute Gasteiger partial charge is 0.503 e. The number of carbonyl (C=O) groups is 2. The van der Waals surface area contributed by atoms with E-state index >= 15 is 0 Å². The molecule has 1 spiro atoms. The Balaban J connectivity index is 2.02. The van der Waals surface area contributed by atoms with E-state index < -0.39 is 5.41 Å². The molecule has 150 valence electrons. The average molecular weight is 384 g/mol. The van der Waals surface area contributed by atoms with Crippen molar-refractivity contribution in [2.24, 2.45) is 5.92 Å². The van der Waals surface area contributed by atoms with Crippen LogP contribution in [0.3, 0.4) is 0 Å². The number of aromatic hydroxyl groups is 1. The lowest BCUT2D eigenvalue weighted by Gasteiger charge is -2.44. The molecule has 3 heterocycles. The summed E-state index contributed by atoms with van der Waals surface area (Å²) in [5, 5.41) is 10.9. The summed E-state index contributed by atoms with van der Waals surface area (Å²) in [7, 11) is 3.57. The van der Waals surface area contributed by atoms with Gasteiger partial charge in [0.1, 0.15) is 0 Å². The van der Waals surface area contributed by atoms with Crippen LogP contribution in [0.25, 0.3) is 0 Å². The van der Waals surface area contributed by atoms with Crippen LogP contribution in [0.5, 0.6) is 11.5 Å². The molecule has 1 aromatic rings. The molecule has 1 N–H and O–H groups in total. The number of fused-ring (bicyclic) bond motifs is 6. The van der Waals surface area contributed by atoms with Crippen LogP contribution in [0.2, 0.25) is 0 Å². The zero-order valence-electron chi connectivity index (χ0n) is 17.0. The van der Waals surface area contributed by atoms with Crippen molar-refractivity contribution in [1.82, 2.24) is 4.90 Å². The van der Waals surface area contributed by atoms with E-state index in [-0.39, 0.29) is 29.4 Å². The van der Waals surface area contributed by atoms with E-state index in [1.807, 2.05) is 19.1 Å². The molecule has 6 heteroatoms. The van der Waals surface area contributed by atoms with E-state index in [4.69, 9.17) is 4.74 Å². The fourth-order valence-corrected chi connectivity index (χ4v) is 5.59. The zero-order chi connectivity index (χ0) is 20.2. The number of Topliss-reactive ketones (excluding diaryl/α,β-unsaturated/α-hetero) is 1. The summed E-state index contributed by atoms with van der Waals surface area (Å²) < 4.78 is 5.29. The molecule has 0 aromatic heterocycles. The maximum Gasteiger partial charge on any atom is 0.224 e. The van der Waals surface area contributed by atoms with Crippen molar-refractivity contribution < 1.29 is 19.4 Å². The summed E-state index contributed by atoms with van der Waals surface area (Å²) in [6.45, 7) is 5.14. The van der Waals surface area contributed by atoms with Gasteiger partial charge >= 0.3 is 0 Å². The third-order valence-electron chi connectivity index (χ3n) is 6.95. The Labute approximate surface area is 165 Å². The molecule has 2 saturated heterocycles. The van der Waals surface area contributed by atoms with Crippen molar-refractivity contribution in [2.75, 3.05) is 32.1 Å². The summed E-state index contributed by atoms with van der Waals surface area (Å²) in [5.41, 5.74) is 1.26. The van der Waals surface area contributed by atoms with Gasteiger partial charge in [-0.2, -0.15) is 0 Å². The van der Waals surface area contributed by atoms with Gasteiger partial charge in [0.25, 0.3) is 0 Å². The highest BCUT2D eigenvalue weighted by Gasteiger charge is 2.61. The molecule has 4 aliphatic rings. The maximum atomic E-state index is 13.9. The molecule has 1 amide bonds. The minimum atomic E-state index is -0.818. The Hall–Kier alpha value is -2.34. The first kappa shape index (κ1) is 19.0. The third-order valence-corrected chi connectivity index (χ3v) is 6.95. The van der Waals surface area contributed by atoms with E-state index in [0.29, 0.717) is 17.9 Å². The molecule has 1 saturated carbocycles. The van der Waals surface area contributed by atoms with Gasteiger partial charge in [-0.15, -0.1) is 0 Å². The number of ether oxygens (including phenoxy) is 1. The van der Waals surface area contributed by atoms with E-state index in [2.05, 4.69) is 11.9 Å². The first-order valence-corrected chi connectivity index (χ1v) is 9.96. The molecule has 28 heavy (non-hydrogen) atoms. The summed E-state index contributed by atoms with van der Waals surface area (Å²) in [5.74, 6) is 0.344. The first-order valence-electron chi connectivity index (χ1n) is 9.96. The second kappa shape index (κ2) is 6.62. The molecule has 1 unspecified atom stereocenters. The lowest BCUT2D eigenvalue weighted by molar-refractivity contribution is -0.124. The molecule has 3 atom stereocenters. The van der Waals surface area contributed by atoms with Crippen LogP contribution in [0.15, 0.2) is 23.8 Å². The smallest absolute Gasteiger partial charge is 0.224 e. The fourth-order valence-electron chi connectivity index (χ4n) is 5.59. The van der Waals surface area contributed by atoms with Crippen molar-refractivity contribution >= 4 is 17.4 Å². The Bertz CT molecular complexity index is 878. The molecule has 1 aromatic carbocycles. The molecule has 1 aliphatic carbocycles. The predicted molar refractivity (Wildman–Crippen MR) is 107 cm³/mol. The van der Waals surface area contributed by atoms with Gasteiger partial charge in [0, 0.05) is 6.92 Å². The van der Waals surface area contributed by atoms with Gasteiger partial charge in [0.15, 0.2) is 17.3 Å². The highest BCUT2D eigenvalue weighted by atomic mass is 16.5. The average Bonchev–Trinajstić information content (AvgIpc) is 3.00. The second-order valence-electron chi connectivity index (χ2n) is 8.24. The second-order valence-corrected chi connectivity index (χ2v) is 8.24. The van der Waals surface area contributed by atoms with Crippen molar-refractivity contribution in [1.29, 1.82) is 0 Å². The quantitative estimate of drug-likeness (QED) is 0.754. The van der Waals surface area contributed by atoms with Gasteiger partial charge < -0.3 is 19.6 Å². The Morgan fingerprint density at radius 1 is 1.36 bits per heavy atom. The number of phenols is 1. The number of ketones is 1. The topological polar surface area (TPSA) is 70.1 Å². The monoisotopic (exact) mass is 384 g/mol. The lowest BCUT2D eigenvalue weighted by Crippen LogP contribution is -2.56. The Morgan fingerprint density at radius 2 is 2.11 bits per heavy atom. The number of phenolic OH excluding ortho intramolecular Hbond substituents is 1. The maximum absolute atomic E-state index is 13.9. The van der Waals surface area contributed by atoms with Gasteiger partial charge in [-0.1, -0.05) is 12.1 Å². The third kappa shape index (κ3) is 2.37. The number of hydrogen-bond acceptors (Lipinski definition) is 5. The van der Waals surface area contributed by atoms with E-state index in [9.17, 15) is 14.7 Å². The normalized spacial score (nSPS) is 31.2. The number of benzene rings is 1. The highest BCUT2D eigenvalue weighted by molar-refractivity contribution is 6.12. The van der Waals surface area contributed by atoms with Crippen LogP contribution in [-0.4, -0.2) is 55.0 Å². The number of hydrogen-bond donors (Lipinski definition) is 1. The van der Waals surface area contributed by atoms with Crippen LogP contribution in [0, 0.1) is 5.92 Å². The molecule has 6 nitrogen and oxygen atoms in total. The van der Waals surface area contributed by atoms with Gasteiger partial charge in [-0.25, -0.2) is 0 Å². The van der Waals surface area contributed by atoms with Crippen LogP contribution in [0.1, 0.15) is 38.7 Å². The van der Waals surface area contributed by atoms with Gasteiger partial charge in [-0.05, 0) is 69.4 Å². The minimum absolute atomic E-state index is 0.0548. The number of nitrogens with zero attached hydrogens (tertiary/aromatic N) is 2. The van der Waals surface area contributed by atoms with Crippen LogP contribution in [0.4, 0.5) is 5.69 Å². The summed E-state index contributed by atoms with van der Waals surface area (Å²) in [4.78, 5) is 30.6. The number of allylic oxidation sites excluding steroid dienone is 2. The standard InChI is InChI=1S/C22H28N2O4/c1-5-15-14-8-10-23(3)11-9-22(21(15)27)16-6-7-17(28-4)20(26)19(16)24(13(2)25)18(22)12-14/h5-7,14,18,26H,8-12H2,1-4H3/b15-5-/t14-,18?,22-/m1/s1. The van der Waals surface area contributed by atoms with Crippen molar-refractivity contribution in [3.63, 3.8) is 0 Å². The van der Waals surface area contributed by atoms with E-state index in [1.54, 1.807) is 11.0 Å². The molecule has 5 rings (SSSR count). The van der Waals surface area contributed by atoms with Crippen LogP contribution < -0.4 is 9.64 Å². The van der Waals surface area contributed by atoms with Crippen LogP contribution in [-0.2, 0) is 15.0 Å². The molecule has 0 radical (unpaired) electrons. The van der Waals surface area contributed by atoms with E-state index in [0.717, 1.165) is 37.1 Å². The number of carbonyl (C=O) groups excluding carboxylic acids is 2. The Kier molecular flexibility index (Phi) is 4.49. The van der Waals surface area contributed by atoms with Gasteiger partial charge in [0.05, 0.1) is 24.3 Å². The Morgan fingerprint density at radius 3 is 2.75 bits per heavy atom. The SMILES string of the molecule is C/C=C1\C(=O)[C@@]23CCN(C)CC[C@@H]1CC2N(C(C)=O)c1c3ccc(OC)c1O.